The predicted octanol–water partition coefficient (Wildman–Crippen LogP) is 2.69. The van der Waals surface area contributed by atoms with E-state index in [2.05, 4.69) is 15.3 Å². The molecule has 1 aromatic rings. The van der Waals surface area contributed by atoms with Crippen LogP contribution in [-0.4, -0.2) is 24.1 Å². The Balaban J connectivity index is 1.98. The average Bonchev–Trinajstić information content (AvgIpc) is 2.47. The lowest BCUT2D eigenvalue weighted by molar-refractivity contribution is -0.116. The van der Waals surface area contributed by atoms with Gasteiger partial charge in [0.1, 0.15) is 12.0 Å². The fraction of sp³-hybridized carbons (Fsp3) is 0.267. The predicted molar refractivity (Wildman–Crippen MR) is 81.1 cm³/mol. The van der Waals surface area contributed by atoms with Gasteiger partial charge in [0, 0.05) is 28.8 Å². The summed E-state index contributed by atoms with van der Waals surface area (Å²) < 4.78 is 0. The molecule has 0 fully saturated rings. The molecule has 2 aliphatic rings. The highest BCUT2D eigenvalue weighted by molar-refractivity contribution is 6.35. The maximum Gasteiger partial charge on any atom is 0.253 e. The monoisotopic (exact) mass is 287 g/mol. The van der Waals surface area contributed by atoms with Gasteiger partial charge in [0.15, 0.2) is 0 Å². The van der Waals surface area contributed by atoms with E-state index >= 15 is 0 Å². The van der Waals surface area contributed by atoms with Crippen LogP contribution >= 0.6 is 11.6 Å². The van der Waals surface area contributed by atoms with Gasteiger partial charge in [-0.3, -0.25) is 4.79 Å². The fourth-order valence-electron chi connectivity index (χ4n) is 2.35. The molecule has 1 amide bonds. The molecule has 5 heteroatoms. The van der Waals surface area contributed by atoms with Gasteiger partial charge in [-0.25, -0.2) is 9.98 Å². The molecule has 2 atom stereocenters. The van der Waals surface area contributed by atoms with E-state index in [9.17, 15) is 4.79 Å². The Labute approximate surface area is 122 Å². The van der Waals surface area contributed by atoms with Crippen molar-refractivity contribution in [3.8, 4) is 0 Å². The number of halogens is 1. The second kappa shape index (κ2) is 5.21. The molecule has 20 heavy (non-hydrogen) atoms. The summed E-state index contributed by atoms with van der Waals surface area (Å²) in [6.45, 7) is 1.99. The number of aliphatic imine (C=N–C) groups is 2. The van der Waals surface area contributed by atoms with E-state index in [0.717, 1.165) is 17.8 Å². The van der Waals surface area contributed by atoms with E-state index in [0.29, 0.717) is 10.6 Å². The van der Waals surface area contributed by atoms with Crippen LogP contribution in [0.3, 0.4) is 0 Å². The number of hydrogen-bond acceptors (Lipinski definition) is 3. The zero-order valence-corrected chi connectivity index (χ0v) is 11.8. The number of benzene rings is 1. The average molecular weight is 288 g/mol. The van der Waals surface area contributed by atoms with E-state index in [1.165, 1.54) is 0 Å². The third-order valence-electron chi connectivity index (χ3n) is 3.41. The van der Waals surface area contributed by atoms with Crippen LogP contribution in [0, 0.1) is 5.92 Å². The molecule has 0 radical (unpaired) electrons. The van der Waals surface area contributed by atoms with Crippen LogP contribution in [0.4, 0.5) is 0 Å². The molecule has 1 aromatic carbocycles. The first-order valence-corrected chi connectivity index (χ1v) is 6.95. The largest absolute Gasteiger partial charge is 0.329 e. The lowest BCUT2D eigenvalue weighted by Gasteiger charge is -2.28. The van der Waals surface area contributed by atoms with Crippen molar-refractivity contribution in [2.45, 2.75) is 19.5 Å². The minimum Gasteiger partial charge on any atom is -0.329 e. The molecule has 0 bridgehead atoms. The molecular formula is C15H14ClN3O. The number of carbonyl (C=O) groups excluding carboxylic acids is 1. The fourth-order valence-corrected chi connectivity index (χ4v) is 2.59. The molecule has 2 aliphatic heterocycles. The van der Waals surface area contributed by atoms with Crippen LogP contribution in [0.1, 0.15) is 18.9 Å². The number of fused-ring (bicyclic) bond motifs is 1. The summed E-state index contributed by atoms with van der Waals surface area (Å²) in [4.78, 5) is 21.0. The second-order valence-electron chi connectivity index (χ2n) is 4.73. The van der Waals surface area contributed by atoms with Crippen molar-refractivity contribution in [3.05, 3.63) is 40.9 Å². The van der Waals surface area contributed by atoms with Crippen molar-refractivity contribution in [2.24, 2.45) is 15.9 Å². The molecule has 2 heterocycles. The zero-order valence-electron chi connectivity index (χ0n) is 11.0. The number of nitrogens with zero attached hydrogens (tertiary/aromatic N) is 2. The van der Waals surface area contributed by atoms with E-state index in [1.54, 1.807) is 6.07 Å². The molecule has 102 valence electrons. The van der Waals surface area contributed by atoms with Gasteiger partial charge in [0.2, 0.25) is 0 Å². The number of nitrogens with one attached hydrogen (secondary N) is 1. The van der Waals surface area contributed by atoms with E-state index in [1.807, 2.05) is 37.4 Å². The van der Waals surface area contributed by atoms with Crippen molar-refractivity contribution in [1.82, 2.24) is 5.32 Å². The highest BCUT2D eigenvalue weighted by atomic mass is 35.5. The highest BCUT2D eigenvalue weighted by Gasteiger charge is 2.31. The molecule has 0 spiro atoms. The molecule has 2 unspecified atom stereocenters. The molecule has 0 saturated carbocycles. The summed E-state index contributed by atoms with van der Waals surface area (Å²) in [7, 11) is 0. The molecule has 3 rings (SSSR count). The Hall–Kier alpha value is -1.94. The van der Waals surface area contributed by atoms with Crippen molar-refractivity contribution < 1.29 is 4.79 Å². The summed E-state index contributed by atoms with van der Waals surface area (Å²) in [6.07, 6.45) is 4.24. The van der Waals surface area contributed by atoms with Gasteiger partial charge in [0.05, 0.1) is 5.92 Å². The first-order chi connectivity index (χ1) is 9.69. The normalized spacial score (nSPS) is 24.6. The van der Waals surface area contributed by atoms with Gasteiger partial charge < -0.3 is 5.32 Å². The summed E-state index contributed by atoms with van der Waals surface area (Å²) >= 11 is 6.16. The molecule has 4 nitrogen and oxygen atoms in total. The van der Waals surface area contributed by atoms with Gasteiger partial charge in [-0.2, -0.15) is 0 Å². The Morgan fingerprint density at radius 3 is 2.90 bits per heavy atom. The van der Waals surface area contributed by atoms with Gasteiger partial charge in [-0.1, -0.05) is 42.8 Å². The van der Waals surface area contributed by atoms with E-state index in [-0.39, 0.29) is 18.0 Å². The maximum atomic E-state index is 12.2. The minimum atomic E-state index is -0.249. The quantitative estimate of drug-likeness (QED) is 0.893. The van der Waals surface area contributed by atoms with Crippen LogP contribution in [-0.2, 0) is 4.79 Å². The van der Waals surface area contributed by atoms with Crippen LogP contribution in [0.25, 0.3) is 5.57 Å². The van der Waals surface area contributed by atoms with Gasteiger partial charge in [-0.15, -0.1) is 0 Å². The molecule has 0 aromatic heterocycles. The lowest BCUT2D eigenvalue weighted by Crippen LogP contribution is -2.45. The number of carbonyl (C=O) groups is 1. The zero-order chi connectivity index (χ0) is 14.1. The smallest absolute Gasteiger partial charge is 0.253 e. The first kappa shape index (κ1) is 13.1. The number of hydrogen-bond donors (Lipinski definition) is 1. The highest BCUT2D eigenvalue weighted by Crippen LogP contribution is 2.29. The van der Waals surface area contributed by atoms with Crippen molar-refractivity contribution >= 4 is 35.1 Å². The van der Waals surface area contributed by atoms with Crippen LogP contribution < -0.4 is 5.32 Å². The summed E-state index contributed by atoms with van der Waals surface area (Å²) in [5, 5.41) is 3.48. The van der Waals surface area contributed by atoms with Gasteiger partial charge in [0.25, 0.3) is 5.91 Å². The maximum absolute atomic E-state index is 12.2. The Kier molecular flexibility index (Phi) is 3.40. The minimum absolute atomic E-state index is 0.0192. The molecule has 0 aliphatic carbocycles. The Morgan fingerprint density at radius 1 is 1.35 bits per heavy atom. The van der Waals surface area contributed by atoms with Gasteiger partial charge in [-0.05, 0) is 6.07 Å². The van der Waals surface area contributed by atoms with Gasteiger partial charge >= 0.3 is 0 Å². The third kappa shape index (κ3) is 2.27. The molecule has 1 N–H and O–H groups in total. The van der Waals surface area contributed by atoms with Crippen LogP contribution in [0.2, 0.25) is 5.02 Å². The number of rotatable bonds is 2. The molecular weight excluding hydrogens is 274 g/mol. The van der Waals surface area contributed by atoms with Crippen molar-refractivity contribution in [2.75, 3.05) is 0 Å². The van der Waals surface area contributed by atoms with Crippen LogP contribution in [0.15, 0.2) is 40.3 Å². The van der Waals surface area contributed by atoms with E-state index in [4.69, 9.17) is 11.6 Å². The summed E-state index contributed by atoms with van der Waals surface area (Å²) in [5.41, 5.74) is 1.32. The lowest BCUT2D eigenvalue weighted by atomic mass is 9.93. The van der Waals surface area contributed by atoms with Crippen molar-refractivity contribution in [1.29, 1.82) is 0 Å². The Bertz CT molecular complexity index is 648. The SMILES string of the molecule is CCC1=NC2NC(=O)C(c3ccccc3Cl)=CC2C=N1. The number of amides is 1. The molecule has 0 saturated heterocycles. The first-order valence-electron chi connectivity index (χ1n) is 6.57. The van der Waals surface area contributed by atoms with E-state index < -0.39 is 0 Å². The topological polar surface area (TPSA) is 53.8 Å². The number of amidine groups is 1. The third-order valence-corrected chi connectivity index (χ3v) is 3.74. The summed E-state index contributed by atoms with van der Waals surface area (Å²) in [5.74, 6) is 0.601. The summed E-state index contributed by atoms with van der Waals surface area (Å²) in [6, 6.07) is 7.33. The standard InChI is InChI=1S/C15H14ClN3O/c1-2-13-17-8-9-7-11(15(20)19-14(9)18-13)10-5-3-4-6-12(10)16/h3-9,14H,2H2,1H3,(H,19,20). The van der Waals surface area contributed by atoms with Crippen molar-refractivity contribution in [3.63, 3.8) is 0 Å². The second-order valence-corrected chi connectivity index (χ2v) is 5.14. The Morgan fingerprint density at radius 2 is 2.15 bits per heavy atom. The van der Waals surface area contributed by atoms with Crippen LogP contribution in [0.5, 0.6) is 0 Å².